The first-order valence-electron chi connectivity index (χ1n) is 12.0. The van der Waals surface area contributed by atoms with Crippen LogP contribution >= 0.6 is 0 Å². The molecule has 2 aromatic rings. The van der Waals surface area contributed by atoms with Gasteiger partial charge in [-0.05, 0) is 85.8 Å². The highest BCUT2D eigenvalue weighted by atomic mass is 16.5. The number of ether oxygens (including phenoxy) is 2. The lowest BCUT2D eigenvalue weighted by Gasteiger charge is -2.29. The summed E-state index contributed by atoms with van der Waals surface area (Å²) in [5, 5.41) is 0. The molecule has 1 aromatic carbocycles. The summed E-state index contributed by atoms with van der Waals surface area (Å²) in [5.74, 6) is 2.02. The van der Waals surface area contributed by atoms with Crippen molar-refractivity contribution < 1.29 is 14.3 Å². The Morgan fingerprint density at radius 2 is 1.81 bits per heavy atom. The van der Waals surface area contributed by atoms with E-state index in [9.17, 15) is 4.79 Å². The van der Waals surface area contributed by atoms with Crippen molar-refractivity contribution in [2.75, 3.05) is 20.2 Å². The van der Waals surface area contributed by atoms with Crippen molar-refractivity contribution in [3.8, 4) is 11.5 Å². The fraction of sp³-hybridized carbons (Fsp3) is 0.556. The molecule has 1 aromatic heterocycles. The van der Waals surface area contributed by atoms with Crippen molar-refractivity contribution in [3.05, 3.63) is 53.9 Å². The number of rotatable bonds is 9. The Labute approximate surface area is 192 Å². The van der Waals surface area contributed by atoms with Crippen molar-refractivity contribution in [1.29, 1.82) is 0 Å². The number of likely N-dealkylation sites (tertiary alicyclic amines) is 1. The molecule has 0 radical (unpaired) electrons. The van der Waals surface area contributed by atoms with Gasteiger partial charge < -0.3 is 14.4 Å². The molecule has 2 aliphatic rings. The van der Waals surface area contributed by atoms with Crippen LogP contribution in [-0.4, -0.2) is 42.1 Å². The van der Waals surface area contributed by atoms with Gasteiger partial charge in [-0.1, -0.05) is 19.9 Å². The highest BCUT2D eigenvalue weighted by Crippen LogP contribution is 2.37. The molecule has 5 heteroatoms. The van der Waals surface area contributed by atoms with Gasteiger partial charge in [0.1, 0.15) is 0 Å². The third-order valence-corrected chi connectivity index (χ3v) is 7.19. The molecule has 0 bridgehead atoms. The summed E-state index contributed by atoms with van der Waals surface area (Å²) in [6.07, 6.45) is 11.3. The largest absolute Gasteiger partial charge is 0.493 e. The Hall–Kier alpha value is -2.56. The van der Waals surface area contributed by atoms with Crippen molar-refractivity contribution in [2.45, 2.75) is 70.3 Å². The van der Waals surface area contributed by atoms with E-state index in [1.54, 1.807) is 19.5 Å². The van der Waals surface area contributed by atoms with E-state index in [-0.39, 0.29) is 17.2 Å². The molecule has 0 spiro atoms. The average Bonchev–Trinajstić information content (AvgIpc) is 3.43. The molecule has 4 rings (SSSR count). The maximum absolute atomic E-state index is 13.0. The fourth-order valence-electron chi connectivity index (χ4n) is 4.95. The van der Waals surface area contributed by atoms with Crippen LogP contribution in [0.3, 0.4) is 0 Å². The number of carbonyl (C=O) groups excluding carboxylic acids is 1. The van der Waals surface area contributed by atoms with E-state index in [4.69, 9.17) is 9.47 Å². The van der Waals surface area contributed by atoms with Crippen LogP contribution < -0.4 is 9.47 Å². The fourth-order valence-corrected chi connectivity index (χ4v) is 4.95. The molecule has 1 aliphatic heterocycles. The van der Waals surface area contributed by atoms with Crippen LogP contribution in [0.2, 0.25) is 0 Å². The van der Waals surface area contributed by atoms with Gasteiger partial charge in [0.05, 0.1) is 13.2 Å². The van der Waals surface area contributed by atoms with Gasteiger partial charge in [0.2, 0.25) is 5.91 Å². The first kappa shape index (κ1) is 22.6. The molecule has 1 aliphatic carbocycles. The number of pyridine rings is 1. The summed E-state index contributed by atoms with van der Waals surface area (Å²) in [6, 6.07) is 10.3. The second kappa shape index (κ2) is 9.93. The maximum Gasteiger partial charge on any atom is 0.226 e. The molecule has 1 amide bonds. The van der Waals surface area contributed by atoms with E-state index in [1.807, 2.05) is 23.1 Å². The van der Waals surface area contributed by atoms with E-state index >= 15 is 0 Å². The first-order chi connectivity index (χ1) is 15.5. The maximum atomic E-state index is 13.0. The van der Waals surface area contributed by atoms with Crippen molar-refractivity contribution in [2.24, 2.45) is 5.92 Å². The Morgan fingerprint density at radius 3 is 2.53 bits per heavy atom. The van der Waals surface area contributed by atoms with Crippen LogP contribution in [0.5, 0.6) is 11.5 Å². The molecule has 0 N–H and O–H groups in total. The lowest BCUT2D eigenvalue weighted by Crippen LogP contribution is -2.32. The van der Waals surface area contributed by atoms with E-state index in [0.717, 1.165) is 56.7 Å². The molecule has 1 saturated heterocycles. The zero-order chi connectivity index (χ0) is 22.6. The van der Waals surface area contributed by atoms with Gasteiger partial charge in [-0.3, -0.25) is 9.78 Å². The predicted molar refractivity (Wildman–Crippen MR) is 126 cm³/mol. The average molecular weight is 437 g/mol. The second-order valence-corrected chi connectivity index (χ2v) is 9.89. The second-order valence-electron chi connectivity index (χ2n) is 9.89. The van der Waals surface area contributed by atoms with E-state index in [2.05, 4.69) is 31.0 Å². The predicted octanol–water partition coefficient (Wildman–Crippen LogP) is 5.17. The summed E-state index contributed by atoms with van der Waals surface area (Å²) in [7, 11) is 1.70. The van der Waals surface area contributed by atoms with Crippen LogP contribution in [-0.2, 0) is 16.6 Å². The Bertz CT molecular complexity index is 906. The van der Waals surface area contributed by atoms with Crippen LogP contribution in [0.4, 0.5) is 0 Å². The normalized spacial score (nSPS) is 19.5. The minimum atomic E-state index is -0.0659. The van der Waals surface area contributed by atoms with E-state index in [1.165, 1.54) is 24.0 Å². The minimum Gasteiger partial charge on any atom is -0.493 e. The number of hydrogen-bond acceptors (Lipinski definition) is 4. The van der Waals surface area contributed by atoms with Crippen LogP contribution in [0.25, 0.3) is 0 Å². The first-order valence-corrected chi connectivity index (χ1v) is 12.0. The van der Waals surface area contributed by atoms with Crippen molar-refractivity contribution in [3.63, 3.8) is 0 Å². The summed E-state index contributed by atoms with van der Waals surface area (Å²) in [6.45, 7) is 6.14. The van der Waals surface area contributed by atoms with Gasteiger partial charge in [-0.25, -0.2) is 0 Å². The van der Waals surface area contributed by atoms with Gasteiger partial charge in [0.15, 0.2) is 11.5 Å². The molecule has 172 valence electrons. The number of benzene rings is 1. The summed E-state index contributed by atoms with van der Waals surface area (Å²) in [5.41, 5.74) is 2.35. The van der Waals surface area contributed by atoms with Crippen LogP contribution in [0.15, 0.2) is 42.7 Å². The molecule has 2 fully saturated rings. The SMILES string of the molecule is COc1ccc(C(C)(C)CCN2CCC(Cc3ccncc3)C2=O)cc1OC1CCCC1. The third-order valence-electron chi connectivity index (χ3n) is 7.19. The standard InChI is InChI=1S/C27H36N2O3/c1-27(2,22-8-9-24(31-3)25(19-22)32-23-6-4-5-7-23)13-17-29-16-12-21(26(29)30)18-20-10-14-28-15-11-20/h8-11,14-15,19,21,23H,4-7,12-13,16-18H2,1-3H3. The summed E-state index contributed by atoms with van der Waals surface area (Å²) < 4.78 is 11.9. The van der Waals surface area contributed by atoms with Crippen molar-refractivity contribution in [1.82, 2.24) is 9.88 Å². The van der Waals surface area contributed by atoms with Gasteiger partial charge in [0.25, 0.3) is 0 Å². The minimum absolute atomic E-state index is 0.0659. The quantitative estimate of drug-likeness (QED) is 0.544. The van der Waals surface area contributed by atoms with Gasteiger partial charge in [0, 0.05) is 31.4 Å². The zero-order valence-electron chi connectivity index (χ0n) is 19.7. The summed E-state index contributed by atoms with van der Waals surface area (Å²) in [4.78, 5) is 19.1. The molecule has 1 unspecified atom stereocenters. The van der Waals surface area contributed by atoms with Gasteiger partial charge in [-0.15, -0.1) is 0 Å². The lowest BCUT2D eigenvalue weighted by molar-refractivity contribution is -0.131. The van der Waals surface area contributed by atoms with E-state index in [0.29, 0.717) is 6.10 Å². The van der Waals surface area contributed by atoms with Gasteiger partial charge >= 0.3 is 0 Å². The number of aromatic nitrogens is 1. The Balaban J connectivity index is 1.38. The zero-order valence-corrected chi connectivity index (χ0v) is 19.7. The molecule has 32 heavy (non-hydrogen) atoms. The number of amides is 1. The molecular weight excluding hydrogens is 400 g/mol. The molecule has 1 saturated carbocycles. The van der Waals surface area contributed by atoms with E-state index < -0.39 is 0 Å². The topological polar surface area (TPSA) is 51.7 Å². The van der Waals surface area contributed by atoms with Crippen LogP contribution in [0.1, 0.15) is 63.5 Å². The summed E-state index contributed by atoms with van der Waals surface area (Å²) >= 11 is 0. The van der Waals surface area contributed by atoms with Crippen LogP contribution in [0, 0.1) is 5.92 Å². The lowest BCUT2D eigenvalue weighted by atomic mass is 9.81. The smallest absolute Gasteiger partial charge is 0.226 e. The molecule has 2 heterocycles. The molecular formula is C27H36N2O3. The number of carbonyl (C=O) groups is 1. The monoisotopic (exact) mass is 436 g/mol. The Morgan fingerprint density at radius 1 is 1.06 bits per heavy atom. The molecule has 1 atom stereocenters. The Kier molecular flexibility index (Phi) is 7.02. The highest BCUT2D eigenvalue weighted by molar-refractivity contribution is 5.81. The van der Waals surface area contributed by atoms with Gasteiger partial charge in [-0.2, -0.15) is 0 Å². The number of hydrogen-bond donors (Lipinski definition) is 0. The number of nitrogens with zero attached hydrogens (tertiary/aromatic N) is 2. The molecule has 5 nitrogen and oxygen atoms in total. The van der Waals surface area contributed by atoms with Crippen molar-refractivity contribution >= 4 is 5.91 Å². The third kappa shape index (κ3) is 5.25. The highest BCUT2D eigenvalue weighted by Gasteiger charge is 2.33. The number of methoxy groups -OCH3 is 1.